The Morgan fingerprint density at radius 3 is 2.72 bits per heavy atom. The van der Waals surface area contributed by atoms with Crippen molar-refractivity contribution in [1.29, 1.82) is 0 Å². The van der Waals surface area contributed by atoms with Gasteiger partial charge in [0.2, 0.25) is 0 Å². The molecule has 0 radical (unpaired) electrons. The number of piperidine rings is 1. The Hall–Kier alpha value is -3.22. The number of imidazole rings is 1. The van der Waals surface area contributed by atoms with Crippen molar-refractivity contribution in [2.45, 2.75) is 25.7 Å². The predicted octanol–water partition coefficient (Wildman–Crippen LogP) is 4.61. The molecule has 0 spiro atoms. The number of carbonyl (C=O) groups is 1. The Morgan fingerprint density at radius 2 is 2.03 bits per heavy atom. The van der Waals surface area contributed by atoms with Gasteiger partial charge < -0.3 is 14.6 Å². The maximum absolute atomic E-state index is 13.4. The zero-order chi connectivity index (χ0) is 20.2. The van der Waals surface area contributed by atoms with E-state index in [9.17, 15) is 9.18 Å². The molecule has 3 aromatic rings. The monoisotopic (exact) mass is 394 g/mol. The first-order chi connectivity index (χ1) is 14.1. The van der Waals surface area contributed by atoms with Crippen molar-refractivity contribution in [3.05, 3.63) is 60.4 Å². The van der Waals surface area contributed by atoms with Crippen LogP contribution in [0.3, 0.4) is 0 Å². The van der Waals surface area contributed by atoms with Gasteiger partial charge in [0.1, 0.15) is 11.6 Å². The van der Waals surface area contributed by atoms with Crippen molar-refractivity contribution in [3.63, 3.8) is 0 Å². The van der Waals surface area contributed by atoms with Crippen LogP contribution >= 0.6 is 0 Å². The lowest BCUT2D eigenvalue weighted by Crippen LogP contribution is -2.38. The summed E-state index contributed by atoms with van der Waals surface area (Å²) in [7, 11) is 0. The Morgan fingerprint density at radius 1 is 1.21 bits per heavy atom. The van der Waals surface area contributed by atoms with Gasteiger partial charge in [0.05, 0.1) is 18.0 Å². The third kappa shape index (κ3) is 4.29. The molecule has 1 fully saturated rings. The molecule has 150 valence electrons. The number of rotatable bonds is 4. The molecule has 0 atom stereocenters. The Labute approximate surface area is 168 Å². The molecular weight excluding hydrogens is 371 g/mol. The molecule has 29 heavy (non-hydrogen) atoms. The maximum Gasteiger partial charge on any atom is 0.409 e. The van der Waals surface area contributed by atoms with Gasteiger partial charge in [0.25, 0.3) is 0 Å². The minimum Gasteiger partial charge on any atom is -0.450 e. The number of H-pyrrole nitrogens is 1. The van der Waals surface area contributed by atoms with E-state index in [2.05, 4.69) is 9.97 Å². The number of aromatic amines is 1. The van der Waals surface area contributed by atoms with E-state index >= 15 is 0 Å². The van der Waals surface area contributed by atoms with Crippen molar-refractivity contribution >= 4 is 6.09 Å². The van der Waals surface area contributed by atoms with E-state index in [0.29, 0.717) is 19.7 Å². The molecule has 2 aromatic heterocycles. The zero-order valence-corrected chi connectivity index (χ0v) is 16.3. The molecule has 0 bridgehead atoms. The van der Waals surface area contributed by atoms with Crippen molar-refractivity contribution in [2.75, 3.05) is 19.7 Å². The number of halogens is 1. The van der Waals surface area contributed by atoms with E-state index in [1.54, 1.807) is 17.2 Å². The Balaban J connectivity index is 1.42. The van der Waals surface area contributed by atoms with Gasteiger partial charge in [-0.1, -0.05) is 12.1 Å². The highest BCUT2D eigenvalue weighted by molar-refractivity contribution is 5.67. The minimum absolute atomic E-state index is 0.240. The van der Waals surface area contributed by atoms with Crippen LogP contribution in [-0.2, 0) is 4.74 Å². The molecule has 1 N–H and O–H groups in total. The van der Waals surface area contributed by atoms with Gasteiger partial charge in [-0.25, -0.2) is 14.2 Å². The first-order valence-corrected chi connectivity index (χ1v) is 9.83. The molecule has 1 aliphatic heterocycles. The summed E-state index contributed by atoms with van der Waals surface area (Å²) in [5, 5.41) is 0. The molecule has 7 heteroatoms. The van der Waals surface area contributed by atoms with Gasteiger partial charge in [0.15, 0.2) is 0 Å². The van der Waals surface area contributed by atoms with Crippen LogP contribution in [0.4, 0.5) is 9.18 Å². The molecule has 6 nitrogen and oxygen atoms in total. The molecule has 1 saturated heterocycles. The summed E-state index contributed by atoms with van der Waals surface area (Å²) in [6, 6.07) is 10.2. The summed E-state index contributed by atoms with van der Waals surface area (Å²) in [5.41, 5.74) is 3.19. The second-order valence-corrected chi connectivity index (χ2v) is 7.07. The molecule has 3 heterocycles. The van der Waals surface area contributed by atoms with E-state index in [0.717, 1.165) is 41.2 Å². The molecule has 1 aliphatic rings. The maximum atomic E-state index is 13.4. The van der Waals surface area contributed by atoms with Crippen LogP contribution in [-0.4, -0.2) is 45.6 Å². The summed E-state index contributed by atoms with van der Waals surface area (Å²) in [6.07, 6.45) is 5.09. The summed E-state index contributed by atoms with van der Waals surface area (Å²) < 4.78 is 18.5. The molecule has 1 amide bonds. The number of hydrogen-bond acceptors (Lipinski definition) is 4. The quantitative estimate of drug-likeness (QED) is 0.701. The smallest absolute Gasteiger partial charge is 0.409 e. The summed E-state index contributed by atoms with van der Waals surface area (Å²) in [6.45, 7) is 3.55. The third-order valence-electron chi connectivity index (χ3n) is 5.18. The molecule has 0 unspecified atom stereocenters. The highest BCUT2D eigenvalue weighted by Gasteiger charge is 2.26. The average Bonchev–Trinajstić information content (AvgIpc) is 3.24. The molecule has 1 aromatic carbocycles. The third-order valence-corrected chi connectivity index (χ3v) is 5.18. The first-order valence-electron chi connectivity index (χ1n) is 9.83. The average molecular weight is 394 g/mol. The van der Waals surface area contributed by atoms with Crippen molar-refractivity contribution < 1.29 is 13.9 Å². The highest BCUT2D eigenvalue weighted by Crippen LogP contribution is 2.28. The summed E-state index contributed by atoms with van der Waals surface area (Å²) in [4.78, 5) is 26.0. The Kier molecular flexibility index (Phi) is 5.55. The topological polar surface area (TPSA) is 71.1 Å². The number of benzene rings is 1. The van der Waals surface area contributed by atoms with Crippen molar-refractivity contribution in [1.82, 2.24) is 19.9 Å². The van der Waals surface area contributed by atoms with Crippen molar-refractivity contribution in [3.8, 4) is 22.5 Å². The van der Waals surface area contributed by atoms with Crippen LogP contribution in [0, 0.1) is 5.82 Å². The lowest BCUT2D eigenvalue weighted by molar-refractivity contribution is 0.0966. The number of nitrogens with one attached hydrogen (secondary N) is 1. The summed E-state index contributed by atoms with van der Waals surface area (Å²) in [5.74, 6) is 0.936. The van der Waals surface area contributed by atoms with Crippen LogP contribution in [0.1, 0.15) is 31.5 Å². The predicted molar refractivity (Wildman–Crippen MR) is 108 cm³/mol. The largest absolute Gasteiger partial charge is 0.450 e. The SMILES string of the molecule is CCOC(=O)N1CCC(c2nc(-c3ccc(-c4cccc(F)c4)nc3)c[nH]2)CC1. The molecule has 4 rings (SSSR count). The lowest BCUT2D eigenvalue weighted by Gasteiger charge is -2.30. The fourth-order valence-corrected chi connectivity index (χ4v) is 3.61. The number of ether oxygens (including phenoxy) is 1. The van der Waals surface area contributed by atoms with Gasteiger partial charge in [-0.2, -0.15) is 0 Å². The number of hydrogen-bond donors (Lipinski definition) is 1. The van der Waals surface area contributed by atoms with Gasteiger partial charge >= 0.3 is 6.09 Å². The van der Waals surface area contributed by atoms with Gasteiger partial charge in [-0.15, -0.1) is 0 Å². The number of amides is 1. The van der Waals surface area contributed by atoms with Gasteiger partial charge in [-0.05, 0) is 44.0 Å². The van der Waals surface area contributed by atoms with E-state index < -0.39 is 0 Å². The number of pyridine rings is 1. The van der Waals surface area contributed by atoms with Crippen LogP contribution in [0.25, 0.3) is 22.5 Å². The van der Waals surface area contributed by atoms with E-state index in [1.165, 1.54) is 12.1 Å². The van der Waals surface area contributed by atoms with Crippen molar-refractivity contribution in [2.24, 2.45) is 0 Å². The lowest BCUT2D eigenvalue weighted by atomic mass is 9.96. The standard InChI is InChI=1S/C22H23FN4O2/c1-2-29-22(28)27-10-8-15(9-11-27)21-25-14-20(26-21)17-6-7-19(24-13-17)16-4-3-5-18(23)12-16/h3-7,12-15H,2,8-11H2,1H3,(H,25,26). The number of likely N-dealkylation sites (tertiary alicyclic amines) is 1. The van der Waals surface area contributed by atoms with Crippen LogP contribution < -0.4 is 0 Å². The van der Waals surface area contributed by atoms with Crippen LogP contribution in [0.15, 0.2) is 48.8 Å². The van der Waals surface area contributed by atoms with Gasteiger partial charge in [-0.3, -0.25) is 4.98 Å². The minimum atomic E-state index is -0.278. The number of carbonyl (C=O) groups excluding carboxylic acids is 1. The highest BCUT2D eigenvalue weighted by atomic mass is 19.1. The van der Waals surface area contributed by atoms with Crippen LogP contribution in [0.2, 0.25) is 0 Å². The molecule has 0 aliphatic carbocycles. The van der Waals surface area contributed by atoms with Gasteiger partial charge in [0, 0.05) is 42.5 Å². The summed E-state index contributed by atoms with van der Waals surface area (Å²) >= 11 is 0. The first kappa shape index (κ1) is 19.1. The second kappa shape index (κ2) is 8.43. The zero-order valence-electron chi connectivity index (χ0n) is 16.3. The second-order valence-electron chi connectivity index (χ2n) is 7.07. The Bertz CT molecular complexity index is 978. The number of aromatic nitrogens is 3. The molecule has 0 saturated carbocycles. The van der Waals surface area contributed by atoms with E-state index in [1.807, 2.05) is 31.3 Å². The normalized spacial score (nSPS) is 14.8. The number of nitrogens with zero attached hydrogens (tertiary/aromatic N) is 3. The fraction of sp³-hybridized carbons (Fsp3) is 0.318. The van der Waals surface area contributed by atoms with E-state index in [-0.39, 0.29) is 17.8 Å². The molecular formula is C22H23FN4O2. The van der Waals surface area contributed by atoms with E-state index in [4.69, 9.17) is 9.72 Å². The fourth-order valence-electron chi connectivity index (χ4n) is 3.61. The van der Waals surface area contributed by atoms with Crippen LogP contribution in [0.5, 0.6) is 0 Å².